The summed E-state index contributed by atoms with van der Waals surface area (Å²) in [6.07, 6.45) is 0. The molecule has 0 atom stereocenters. The lowest BCUT2D eigenvalue weighted by atomic mass is 10.2. The Hall–Kier alpha value is -2.84. The Morgan fingerprint density at radius 2 is 1.75 bits per heavy atom. The molecule has 28 heavy (non-hydrogen) atoms. The zero-order valence-electron chi connectivity index (χ0n) is 15.3. The van der Waals surface area contributed by atoms with Gasteiger partial charge in [0.05, 0.1) is 19.8 Å². The van der Waals surface area contributed by atoms with Crippen LogP contribution < -0.4 is 10.6 Å². The van der Waals surface area contributed by atoms with Gasteiger partial charge >= 0.3 is 0 Å². The van der Waals surface area contributed by atoms with E-state index in [0.29, 0.717) is 31.9 Å². The Morgan fingerprint density at radius 1 is 1.07 bits per heavy atom. The highest BCUT2D eigenvalue weighted by Gasteiger charge is 2.12. The smallest absolute Gasteiger partial charge is 0.257 e. The molecule has 8 heteroatoms. The van der Waals surface area contributed by atoms with Crippen molar-refractivity contribution in [2.45, 2.75) is 0 Å². The van der Waals surface area contributed by atoms with Crippen LogP contribution in [0, 0.1) is 11.6 Å². The molecule has 1 aliphatic heterocycles. The van der Waals surface area contributed by atoms with Gasteiger partial charge in [0.2, 0.25) is 5.96 Å². The van der Waals surface area contributed by atoms with Gasteiger partial charge in [-0.25, -0.2) is 8.78 Å². The fraction of sp³-hybridized carbons (Fsp3) is 0.300. The third-order valence-corrected chi connectivity index (χ3v) is 4.18. The second kappa shape index (κ2) is 9.91. The number of nitrogens with zero attached hydrogens (tertiary/aromatic N) is 2. The first-order chi connectivity index (χ1) is 13.6. The number of morpholine rings is 1. The highest BCUT2D eigenvalue weighted by atomic mass is 19.1. The van der Waals surface area contributed by atoms with Crippen molar-refractivity contribution in [1.82, 2.24) is 10.2 Å². The fourth-order valence-corrected chi connectivity index (χ4v) is 2.77. The number of benzene rings is 2. The molecule has 0 spiro atoms. The lowest BCUT2D eigenvalue weighted by Crippen LogP contribution is -2.39. The van der Waals surface area contributed by atoms with Gasteiger partial charge in [-0.1, -0.05) is 18.2 Å². The summed E-state index contributed by atoms with van der Waals surface area (Å²) in [5.41, 5.74) is 0.617. The summed E-state index contributed by atoms with van der Waals surface area (Å²) in [4.78, 5) is 19.0. The van der Waals surface area contributed by atoms with Crippen LogP contribution in [0.25, 0.3) is 0 Å². The van der Waals surface area contributed by atoms with E-state index in [-0.39, 0.29) is 17.6 Å². The normalized spacial score (nSPS) is 15.3. The van der Waals surface area contributed by atoms with E-state index in [4.69, 9.17) is 4.74 Å². The second-order valence-corrected chi connectivity index (χ2v) is 6.29. The van der Waals surface area contributed by atoms with E-state index >= 15 is 0 Å². The molecule has 6 nitrogen and oxygen atoms in total. The maximum absolute atomic E-state index is 13.5. The Bertz CT molecular complexity index is 804. The van der Waals surface area contributed by atoms with E-state index in [1.807, 2.05) is 6.07 Å². The van der Waals surface area contributed by atoms with E-state index in [9.17, 15) is 13.6 Å². The van der Waals surface area contributed by atoms with Crippen molar-refractivity contribution in [3.05, 3.63) is 65.7 Å². The Morgan fingerprint density at radius 3 is 2.43 bits per heavy atom. The molecule has 1 fully saturated rings. The third kappa shape index (κ3) is 6.11. The minimum atomic E-state index is -0.718. The molecule has 1 heterocycles. The highest BCUT2D eigenvalue weighted by Crippen LogP contribution is 2.13. The summed E-state index contributed by atoms with van der Waals surface area (Å²) >= 11 is 0. The first-order valence-corrected chi connectivity index (χ1v) is 9.04. The van der Waals surface area contributed by atoms with E-state index in [1.165, 1.54) is 0 Å². The predicted octanol–water partition coefficient (Wildman–Crippen LogP) is 2.49. The van der Waals surface area contributed by atoms with Gasteiger partial charge in [0, 0.05) is 37.0 Å². The maximum Gasteiger partial charge on any atom is 0.257 e. The summed E-state index contributed by atoms with van der Waals surface area (Å²) in [5, 5.41) is 5.46. The van der Waals surface area contributed by atoms with Gasteiger partial charge < -0.3 is 10.1 Å². The number of carbonyl (C=O) groups is 1. The van der Waals surface area contributed by atoms with Crippen molar-refractivity contribution < 1.29 is 18.3 Å². The van der Waals surface area contributed by atoms with Crippen LogP contribution in [-0.4, -0.2) is 56.2 Å². The fourth-order valence-electron chi connectivity index (χ4n) is 2.77. The van der Waals surface area contributed by atoms with Gasteiger partial charge in [0.15, 0.2) is 0 Å². The standard InChI is InChI=1S/C20H22F2N4O2/c21-16-12-17(22)14-18(13-16)24-20(23-6-7-26-8-10-28-11-9-26)25-19(27)15-4-2-1-3-5-15/h1-5,12-14H,6-11H2,(H2,23,24,25,27). The van der Waals surface area contributed by atoms with Crippen molar-refractivity contribution in [3.8, 4) is 0 Å². The molecule has 2 N–H and O–H groups in total. The van der Waals surface area contributed by atoms with Crippen molar-refractivity contribution in [2.24, 2.45) is 4.99 Å². The van der Waals surface area contributed by atoms with Crippen LogP contribution in [0.3, 0.4) is 0 Å². The number of hydrogen-bond donors (Lipinski definition) is 2. The van der Waals surface area contributed by atoms with E-state index in [2.05, 4.69) is 20.5 Å². The van der Waals surface area contributed by atoms with Crippen LogP contribution in [0.15, 0.2) is 53.5 Å². The topological polar surface area (TPSA) is 66.0 Å². The van der Waals surface area contributed by atoms with E-state index < -0.39 is 11.6 Å². The minimum absolute atomic E-state index is 0.132. The first kappa shape index (κ1) is 19.9. The Balaban J connectivity index is 1.70. The number of rotatable bonds is 5. The number of aliphatic imine (C=N–C) groups is 1. The lowest BCUT2D eigenvalue weighted by molar-refractivity contribution is 0.0394. The van der Waals surface area contributed by atoms with Gasteiger partial charge in [-0.05, 0) is 24.3 Å². The third-order valence-electron chi connectivity index (χ3n) is 4.18. The highest BCUT2D eigenvalue weighted by molar-refractivity contribution is 6.09. The number of carbonyl (C=O) groups excluding carboxylic acids is 1. The minimum Gasteiger partial charge on any atom is -0.379 e. The van der Waals surface area contributed by atoms with Crippen molar-refractivity contribution in [1.29, 1.82) is 0 Å². The molecule has 0 radical (unpaired) electrons. The predicted molar refractivity (Wildman–Crippen MR) is 103 cm³/mol. The lowest BCUT2D eigenvalue weighted by Gasteiger charge is -2.25. The van der Waals surface area contributed by atoms with Crippen LogP contribution in [0.1, 0.15) is 10.4 Å². The summed E-state index contributed by atoms with van der Waals surface area (Å²) in [5.74, 6) is -1.67. The summed E-state index contributed by atoms with van der Waals surface area (Å²) in [7, 11) is 0. The van der Waals surface area contributed by atoms with Crippen molar-refractivity contribution >= 4 is 17.6 Å². The number of hydrogen-bond acceptors (Lipinski definition) is 4. The molecule has 1 aliphatic rings. The van der Waals surface area contributed by atoms with Crippen LogP contribution in [0.2, 0.25) is 0 Å². The molecule has 0 aromatic heterocycles. The summed E-state index contributed by atoms with van der Waals surface area (Å²) in [6, 6.07) is 11.7. The Kier molecular flexibility index (Phi) is 7.05. The summed E-state index contributed by atoms with van der Waals surface area (Å²) < 4.78 is 32.3. The molecular formula is C20H22F2N4O2. The molecule has 1 amide bonds. The van der Waals surface area contributed by atoms with E-state index in [1.54, 1.807) is 24.3 Å². The largest absolute Gasteiger partial charge is 0.379 e. The number of nitrogens with one attached hydrogen (secondary N) is 2. The second-order valence-electron chi connectivity index (χ2n) is 6.29. The SMILES string of the molecule is O=C(NC(=NCCN1CCOCC1)Nc1cc(F)cc(F)c1)c1ccccc1. The first-order valence-electron chi connectivity index (χ1n) is 9.04. The average Bonchev–Trinajstić information content (AvgIpc) is 2.68. The Labute approximate surface area is 162 Å². The number of halogens is 2. The van der Waals surface area contributed by atoms with Crippen LogP contribution in [0.4, 0.5) is 14.5 Å². The molecule has 148 valence electrons. The zero-order valence-corrected chi connectivity index (χ0v) is 15.3. The van der Waals surface area contributed by atoms with Crippen LogP contribution in [-0.2, 0) is 4.74 Å². The van der Waals surface area contributed by atoms with Gasteiger partial charge in [0.1, 0.15) is 11.6 Å². The number of anilines is 1. The van der Waals surface area contributed by atoms with E-state index in [0.717, 1.165) is 31.3 Å². The number of guanidine groups is 1. The molecular weight excluding hydrogens is 366 g/mol. The van der Waals surface area contributed by atoms with Gasteiger partial charge in [-0.3, -0.25) is 20.0 Å². The number of amides is 1. The van der Waals surface area contributed by atoms with Crippen molar-refractivity contribution in [3.63, 3.8) is 0 Å². The zero-order chi connectivity index (χ0) is 19.8. The molecule has 3 rings (SSSR count). The quantitative estimate of drug-likeness (QED) is 0.610. The maximum atomic E-state index is 13.5. The molecule has 2 aromatic rings. The summed E-state index contributed by atoms with van der Waals surface area (Å²) in [6.45, 7) is 4.11. The monoisotopic (exact) mass is 388 g/mol. The van der Waals surface area contributed by atoms with Crippen LogP contribution in [0.5, 0.6) is 0 Å². The van der Waals surface area contributed by atoms with Gasteiger partial charge in [0.25, 0.3) is 5.91 Å². The molecule has 0 unspecified atom stereocenters. The molecule has 2 aromatic carbocycles. The van der Waals surface area contributed by atoms with Crippen molar-refractivity contribution in [2.75, 3.05) is 44.7 Å². The van der Waals surface area contributed by atoms with Gasteiger partial charge in [-0.15, -0.1) is 0 Å². The molecule has 1 saturated heterocycles. The molecule has 0 saturated carbocycles. The number of ether oxygens (including phenoxy) is 1. The molecule has 0 bridgehead atoms. The average molecular weight is 388 g/mol. The van der Waals surface area contributed by atoms with Gasteiger partial charge in [-0.2, -0.15) is 0 Å². The van der Waals surface area contributed by atoms with Crippen LogP contribution >= 0.6 is 0 Å². The molecule has 0 aliphatic carbocycles.